The van der Waals surface area contributed by atoms with Crippen LogP contribution < -0.4 is 0 Å². The zero-order valence-corrected chi connectivity index (χ0v) is 21.4. The van der Waals surface area contributed by atoms with E-state index in [4.69, 9.17) is 27.8 Å². The minimum Gasteiger partial charge on any atom is -0.344 e. The van der Waals surface area contributed by atoms with Crippen LogP contribution in [-0.4, -0.2) is 56.9 Å². The fourth-order valence-electron chi connectivity index (χ4n) is 5.12. The predicted octanol–water partition coefficient (Wildman–Crippen LogP) is 3.37. The Morgan fingerprint density at radius 3 is 2.81 bits per heavy atom. The van der Waals surface area contributed by atoms with Gasteiger partial charge in [-0.05, 0) is 50.6 Å². The lowest BCUT2D eigenvalue weighted by Crippen LogP contribution is -2.40. The van der Waals surface area contributed by atoms with Gasteiger partial charge in [0.25, 0.3) is 0 Å². The molecule has 3 saturated heterocycles. The molecule has 0 amide bonds. The Bertz CT molecular complexity index is 1410. The SMILES string of the molecule is Cc1ncnn2c([C@]3(C#N)O[C@H](CO[P@@]4(=O)OCC[C@@H](c5ccncc5)O4)[C@H]4OC(C)(C)OC43)ccc12. The van der Waals surface area contributed by atoms with Crippen LogP contribution in [-0.2, 0) is 37.9 Å². The van der Waals surface area contributed by atoms with Gasteiger partial charge in [-0.25, -0.2) is 14.1 Å². The molecule has 12 nitrogen and oxygen atoms in total. The molecule has 0 saturated carbocycles. The van der Waals surface area contributed by atoms with Gasteiger partial charge >= 0.3 is 7.82 Å². The summed E-state index contributed by atoms with van der Waals surface area (Å²) in [6, 6.07) is 9.49. The Balaban J connectivity index is 1.28. The molecule has 0 N–H and O–H groups in total. The van der Waals surface area contributed by atoms with E-state index in [0.717, 1.165) is 16.8 Å². The summed E-state index contributed by atoms with van der Waals surface area (Å²) in [4.78, 5) is 8.23. The first-order chi connectivity index (χ1) is 17.7. The zero-order chi connectivity index (χ0) is 25.8. The number of rotatable bonds is 5. The van der Waals surface area contributed by atoms with E-state index in [1.165, 1.54) is 6.33 Å². The lowest BCUT2D eigenvalue weighted by Gasteiger charge is -2.31. The number of aryl methyl sites for hydroxylation is 1. The predicted molar refractivity (Wildman–Crippen MR) is 126 cm³/mol. The average molecular weight is 527 g/mol. The number of phosphoric acid groups is 1. The molecule has 3 aliphatic rings. The van der Waals surface area contributed by atoms with E-state index in [2.05, 4.69) is 21.1 Å². The van der Waals surface area contributed by atoms with Crippen molar-refractivity contribution in [1.29, 1.82) is 5.26 Å². The summed E-state index contributed by atoms with van der Waals surface area (Å²) in [5.74, 6) is -0.980. The normalized spacial score (nSPS) is 34.9. The summed E-state index contributed by atoms with van der Waals surface area (Å²) in [7, 11) is -3.92. The van der Waals surface area contributed by atoms with Crippen LogP contribution in [0.15, 0.2) is 43.0 Å². The molecule has 0 spiro atoms. The minimum absolute atomic E-state index is 0.200. The molecule has 13 heteroatoms. The number of phosphoric ester groups is 1. The third-order valence-corrected chi connectivity index (χ3v) is 8.26. The number of ether oxygens (including phenoxy) is 3. The third-order valence-electron chi connectivity index (χ3n) is 6.79. The first-order valence-corrected chi connectivity index (χ1v) is 13.4. The molecular formula is C24H26N5O7P. The molecule has 0 bridgehead atoms. The van der Waals surface area contributed by atoms with Crippen LogP contribution in [0.25, 0.3) is 5.52 Å². The summed E-state index contributed by atoms with van der Waals surface area (Å²) in [5, 5.41) is 14.8. The molecule has 6 atom stereocenters. The molecule has 6 rings (SSSR count). The largest absolute Gasteiger partial charge is 0.475 e. The highest BCUT2D eigenvalue weighted by Gasteiger charge is 2.65. The molecule has 0 aromatic carbocycles. The van der Waals surface area contributed by atoms with Crippen LogP contribution in [0.3, 0.4) is 0 Å². The molecule has 0 aliphatic carbocycles. The van der Waals surface area contributed by atoms with Crippen LogP contribution in [0.5, 0.6) is 0 Å². The number of fused-ring (bicyclic) bond motifs is 2. The molecular weight excluding hydrogens is 501 g/mol. The van der Waals surface area contributed by atoms with Crippen molar-refractivity contribution in [2.24, 2.45) is 0 Å². The van der Waals surface area contributed by atoms with Crippen molar-refractivity contribution in [3.8, 4) is 6.07 Å². The highest BCUT2D eigenvalue weighted by atomic mass is 31.2. The van der Waals surface area contributed by atoms with Crippen molar-refractivity contribution in [3.05, 3.63) is 59.9 Å². The lowest BCUT2D eigenvalue weighted by molar-refractivity contribution is -0.204. The molecule has 37 heavy (non-hydrogen) atoms. The van der Waals surface area contributed by atoms with Gasteiger partial charge in [0.05, 0.1) is 36.2 Å². The smallest absolute Gasteiger partial charge is 0.344 e. The fourth-order valence-corrected chi connectivity index (χ4v) is 6.51. The van der Waals surface area contributed by atoms with E-state index in [9.17, 15) is 9.83 Å². The maximum absolute atomic E-state index is 13.4. The van der Waals surface area contributed by atoms with Crippen molar-refractivity contribution in [2.45, 2.75) is 63.0 Å². The van der Waals surface area contributed by atoms with Gasteiger partial charge in [0, 0.05) is 18.8 Å². The molecule has 3 aromatic heterocycles. The number of hydrogen-bond donors (Lipinski definition) is 0. The van der Waals surface area contributed by atoms with Crippen molar-refractivity contribution in [2.75, 3.05) is 13.2 Å². The molecule has 3 aromatic rings. The van der Waals surface area contributed by atoms with Crippen LogP contribution >= 0.6 is 7.82 Å². The Labute approximate surface area is 213 Å². The zero-order valence-electron chi connectivity index (χ0n) is 20.5. The van der Waals surface area contributed by atoms with Gasteiger partial charge in [-0.1, -0.05) is 0 Å². The van der Waals surface area contributed by atoms with E-state index in [1.807, 2.05) is 13.0 Å². The Morgan fingerprint density at radius 1 is 1.22 bits per heavy atom. The maximum atomic E-state index is 13.4. The van der Waals surface area contributed by atoms with E-state index in [1.54, 1.807) is 49.0 Å². The second kappa shape index (κ2) is 8.92. The first kappa shape index (κ1) is 24.6. The lowest BCUT2D eigenvalue weighted by atomic mass is 9.92. The summed E-state index contributed by atoms with van der Waals surface area (Å²) in [6.45, 7) is 5.38. The molecule has 194 valence electrons. The van der Waals surface area contributed by atoms with Crippen LogP contribution in [0.4, 0.5) is 0 Å². The van der Waals surface area contributed by atoms with Crippen LogP contribution in [0.1, 0.15) is 43.3 Å². The van der Waals surface area contributed by atoms with Gasteiger partial charge in [0.15, 0.2) is 5.79 Å². The summed E-state index contributed by atoms with van der Waals surface area (Å²) in [5.41, 5.74) is 1.22. The molecule has 0 radical (unpaired) electrons. The van der Waals surface area contributed by atoms with E-state index in [-0.39, 0.29) is 13.2 Å². The van der Waals surface area contributed by atoms with Crippen molar-refractivity contribution in [3.63, 3.8) is 0 Å². The third kappa shape index (κ3) is 4.17. The van der Waals surface area contributed by atoms with Crippen LogP contribution in [0, 0.1) is 18.3 Å². The van der Waals surface area contributed by atoms with Gasteiger partial charge in [-0.3, -0.25) is 18.6 Å². The number of pyridine rings is 1. The highest BCUT2D eigenvalue weighted by molar-refractivity contribution is 7.48. The van der Waals surface area contributed by atoms with Gasteiger partial charge in [0.1, 0.15) is 30.7 Å². The fraction of sp³-hybridized carbons (Fsp3) is 0.500. The number of hydrogen-bond acceptors (Lipinski definition) is 11. The van der Waals surface area contributed by atoms with Gasteiger partial charge in [0.2, 0.25) is 5.60 Å². The monoisotopic (exact) mass is 527 g/mol. The second-order valence-corrected chi connectivity index (χ2v) is 11.2. The number of nitrogens with zero attached hydrogens (tertiary/aromatic N) is 5. The van der Waals surface area contributed by atoms with Crippen molar-refractivity contribution in [1.82, 2.24) is 19.6 Å². The van der Waals surface area contributed by atoms with E-state index >= 15 is 0 Å². The summed E-state index contributed by atoms with van der Waals surface area (Å²) in [6.07, 6.45) is 2.48. The Morgan fingerprint density at radius 2 is 2.03 bits per heavy atom. The van der Waals surface area contributed by atoms with Crippen molar-refractivity contribution >= 4 is 13.3 Å². The molecule has 3 aliphatic heterocycles. The quantitative estimate of drug-likeness (QED) is 0.451. The average Bonchev–Trinajstić information content (AvgIpc) is 3.54. The minimum atomic E-state index is -3.92. The Kier molecular flexibility index (Phi) is 5.93. The van der Waals surface area contributed by atoms with Gasteiger partial charge in [-0.15, -0.1) is 0 Å². The van der Waals surface area contributed by atoms with Crippen LogP contribution in [0.2, 0.25) is 0 Å². The molecule has 6 heterocycles. The topological polar surface area (TPSA) is 139 Å². The molecule has 1 unspecified atom stereocenters. The standard InChI is InChI=1S/C24H26N5O7P/c1-15-17-4-5-20(29(17)28-14-27-15)24(13-25)22-21(34-23(2,3)35-22)19(33-24)12-32-37(30)31-11-8-18(36-37)16-6-9-26-10-7-16/h4-7,9-10,14,18-19,21-22H,8,11-12H2,1-3H3/t18-,19+,21+,22?,24-,37+/m0/s1. The number of nitriles is 1. The molecule has 3 fully saturated rings. The van der Waals surface area contributed by atoms with Gasteiger partial charge < -0.3 is 14.2 Å². The first-order valence-electron chi connectivity index (χ1n) is 12.0. The van der Waals surface area contributed by atoms with Crippen molar-refractivity contribution < 1.29 is 32.3 Å². The van der Waals surface area contributed by atoms with E-state index in [0.29, 0.717) is 12.1 Å². The highest BCUT2D eigenvalue weighted by Crippen LogP contribution is 2.58. The Hall–Kier alpha value is -2.75. The summed E-state index contributed by atoms with van der Waals surface area (Å²) >= 11 is 0. The summed E-state index contributed by atoms with van der Waals surface area (Å²) < 4.78 is 50.6. The number of aromatic nitrogens is 4. The maximum Gasteiger partial charge on any atom is 0.475 e. The van der Waals surface area contributed by atoms with E-state index < -0.39 is 43.6 Å². The second-order valence-electron chi connectivity index (χ2n) is 9.63. The van der Waals surface area contributed by atoms with Gasteiger partial charge in [-0.2, -0.15) is 10.4 Å².